The van der Waals surface area contributed by atoms with Gasteiger partial charge in [0.05, 0.1) is 31.0 Å². The third-order valence-electron chi connectivity index (χ3n) is 6.60. The third kappa shape index (κ3) is 5.67. The van der Waals surface area contributed by atoms with E-state index in [1.165, 1.54) is 6.92 Å². The van der Waals surface area contributed by atoms with E-state index in [0.29, 0.717) is 35.2 Å². The summed E-state index contributed by atoms with van der Waals surface area (Å²) in [5, 5.41) is 6.70. The number of piperidine rings is 1. The standard InChI is InChI=1S/C27H33N5O4/c1-17-5-6-22(31-18(2)33)21(13-17)27(34)28-10-7-19-8-11-32(12-9-19)26-20-14-24(35-3)25(36-4)15-23(20)29-16-30-26/h5-6,13-16,19H,7-12H2,1-4H3,(H,28,34)(H,31,33). The highest BCUT2D eigenvalue weighted by Gasteiger charge is 2.23. The van der Waals surface area contributed by atoms with Crippen molar-refractivity contribution in [2.75, 3.05) is 44.1 Å². The van der Waals surface area contributed by atoms with Crippen LogP contribution in [-0.2, 0) is 4.79 Å². The van der Waals surface area contributed by atoms with Crippen molar-refractivity contribution in [2.24, 2.45) is 5.92 Å². The quantitative estimate of drug-likeness (QED) is 0.491. The average Bonchev–Trinajstić information content (AvgIpc) is 2.88. The number of aromatic nitrogens is 2. The van der Waals surface area contributed by atoms with Crippen LogP contribution in [0.5, 0.6) is 11.5 Å². The number of rotatable bonds is 8. The van der Waals surface area contributed by atoms with Gasteiger partial charge in [0.1, 0.15) is 12.1 Å². The Morgan fingerprint density at radius 2 is 1.78 bits per heavy atom. The first-order chi connectivity index (χ1) is 17.4. The zero-order valence-electron chi connectivity index (χ0n) is 21.3. The van der Waals surface area contributed by atoms with Crippen molar-refractivity contribution in [1.29, 1.82) is 0 Å². The molecule has 4 rings (SSSR count). The van der Waals surface area contributed by atoms with Crippen LogP contribution in [0.1, 0.15) is 42.1 Å². The summed E-state index contributed by atoms with van der Waals surface area (Å²) in [4.78, 5) is 35.6. The Morgan fingerprint density at radius 3 is 2.47 bits per heavy atom. The first-order valence-electron chi connectivity index (χ1n) is 12.2. The zero-order valence-corrected chi connectivity index (χ0v) is 21.3. The van der Waals surface area contributed by atoms with Crippen molar-refractivity contribution in [3.8, 4) is 11.5 Å². The predicted octanol–water partition coefficient (Wildman–Crippen LogP) is 3.95. The van der Waals surface area contributed by atoms with Gasteiger partial charge in [-0.05, 0) is 50.3 Å². The number of aryl methyl sites for hydroxylation is 1. The average molecular weight is 492 g/mol. The van der Waals surface area contributed by atoms with Crippen LogP contribution in [0, 0.1) is 12.8 Å². The molecular formula is C27H33N5O4. The first-order valence-corrected chi connectivity index (χ1v) is 12.2. The second kappa shape index (κ2) is 11.2. The maximum atomic E-state index is 12.8. The lowest BCUT2D eigenvalue weighted by molar-refractivity contribution is -0.114. The molecule has 1 fully saturated rings. The Kier molecular flexibility index (Phi) is 7.87. The molecular weight excluding hydrogens is 458 g/mol. The lowest BCUT2D eigenvalue weighted by atomic mass is 9.93. The topological polar surface area (TPSA) is 106 Å². The van der Waals surface area contributed by atoms with Crippen LogP contribution >= 0.6 is 0 Å². The first kappa shape index (κ1) is 25.2. The van der Waals surface area contributed by atoms with E-state index in [-0.39, 0.29) is 11.8 Å². The molecule has 1 aromatic heterocycles. The fourth-order valence-corrected chi connectivity index (χ4v) is 4.68. The molecule has 0 atom stereocenters. The number of nitrogens with zero attached hydrogens (tertiary/aromatic N) is 3. The number of carbonyl (C=O) groups is 2. The third-order valence-corrected chi connectivity index (χ3v) is 6.60. The molecule has 1 aliphatic heterocycles. The highest BCUT2D eigenvalue weighted by Crippen LogP contribution is 2.36. The molecule has 9 heteroatoms. The van der Waals surface area contributed by atoms with E-state index < -0.39 is 0 Å². The Bertz CT molecular complexity index is 1250. The monoisotopic (exact) mass is 491 g/mol. The molecule has 0 unspecified atom stereocenters. The lowest BCUT2D eigenvalue weighted by Gasteiger charge is -2.33. The van der Waals surface area contributed by atoms with Gasteiger partial charge in [-0.2, -0.15) is 0 Å². The molecule has 2 N–H and O–H groups in total. The van der Waals surface area contributed by atoms with Crippen LogP contribution in [-0.4, -0.2) is 55.6 Å². The van der Waals surface area contributed by atoms with E-state index in [1.807, 2.05) is 25.1 Å². The van der Waals surface area contributed by atoms with Gasteiger partial charge in [-0.25, -0.2) is 9.97 Å². The maximum Gasteiger partial charge on any atom is 0.253 e. The SMILES string of the molecule is COc1cc2ncnc(N3CCC(CCNC(=O)c4cc(C)ccc4NC(C)=O)CC3)c2cc1OC. The summed E-state index contributed by atoms with van der Waals surface area (Å²) < 4.78 is 10.9. The minimum absolute atomic E-state index is 0.170. The molecule has 1 saturated heterocycles. The Labute approximate surface area is 211 Å². The van der Waals surface area contributed by atoms with Gasteiger partial charge in [0.25, 0.3) is 5.91 Å². The Morgan fingerprint density at radius 1 is 1.06 bits per heavy atom. The lowest BCUT2D eigenvalue weighted by Crippen LogP contribution is -2.36. The molecule has 9 nitrogen and oxygen atoms in total. The van der Waals surface area contributed by atoms with Crippen LogP contribution in [0.25, 0.3) is 10.9 Å². The van der Waals surface area contributed by atoms with Crippen molar-refractivity contribution < 1.29 is 19.1 Å². The molecule has 0 spiro atoms. The van der Waals surface area contributed by atoms with Gasteiger partial charge < -0.3 is 25.0 Å². The van der Waals surface area contributed by atoms with Crippen LogP contribution in [0.15, 0.2) is 36.7 Å². The molecule has 0 radical (unpaired) electrons. The Hall–Kier alpha value is -3.88. The molecule has 0 bridgehead atoms. The van der Waals surface area contributed by atoms with Gasteiger partial charge >= 0.3 is 0 Å². The summed E-state index contributed by atoms with van der Waals surface area (Å²) in [5.74, 6) is 2.34. The molecule has 1 aliphatic rings. The largest absolute Gasteiger partial charge is 0.493 e. The number of methoxy groups -OCH3 is 2. The highest BCUT2D eigenvalue weighted by molar-refractivity contribution is 6.03. The van der Waals surface area contributed by atoms with Crippen molar-refractivity contribution in [3.63, 3.8) is 0 Å². The summed E-state index contributed by atoms with van der Waals surface area (Å²) in [5.41, 5.74) is 2.81. The second-order valence-corrected chi connectivity index (χ2v) is 9.13. The van der Waals surface area contributed by atoms with E-state index in [9.17, 15) is 9.59 Å². The van der Waals surface area contributed by atoms with E-state index in [0.717, 1.165) is 54.6 Å². The molecule has 0 saturated carbocycles. The number of anilines is 2. The van der Waals surface area contributed by atoms with Crippen molar-refractivity contribution in [3.05, 3.63) is 47.8 Å². The van der Waals surface area contributed by atoms with Crippen molar-refractivity contribution in [2.45, 2.75) is 33.1 Å². The van der Waals surface area contributed by atoms with Crippen molar-refractivity contribution in [1.82, 2.24) is 15.3 Å². The predicted molar refractivity (Wildman–Crippen MR) is 140 cm³/mol. The molecule has 2 aromatic carbocycles. The fourth-order valence-electron chi connectivity index (χ4n) is 4.68. The number of benzene rings is 2. The summed E-state index contributed by atoms with van der Waals surface area (Å²) >= 11 is 0. The normalized spacial score (nSPS) is 13.9. The molecule has 2 amide bonds. The van der Waals surface area contributed by atoms with Crippen molar-refractivity contribution >= 4 is 34.2 Å². The van der Waals surface area contributed by atoms with Gasteiger partial charge in [0.2, 0.25) is 5.91 Å². The summed E-state index contributed by atoms with van der Waals surface area (Å²) in [7, 11) is 3.23. The second-order valence-electron chi connectivity index (χ2n) is 9.13. The molecule has 3 aromatic rings. The van der Waals surface area contributed by atoms with Gasteiger partial charge in [0, 0.05) is 38.0 Å². The smallest absolute Gasteiger partial charge is 0.253 e. The van der Waals surface area contributed by atoms with E-state index in [1.54, 1.807) is 32.7 Å². The number of ether oxygens (including phenoxy) is 2. The summed E-state index contributed by atoms with van der Waals surface area (Å²) in [6.45, 7) is 5.71. The summed E-state index contributed by atoms with van der Waals surface area (Å²) in [6.07, 6.45) is 4.51. The summed E-state index contributed by atoms with van der Waals surface area (Å²) in [6, 6.07) is 9.26. The van der Waals surface area contributed by atoms with Crippen LogP contribution in [0.3, 0.4) is 0 Å². The molecule has 0 aliphatic carbocycles. The van der Waals surface area contributed by atoms with Crippen LogP contribution in [0.2, 0.25) is 0 Å². The number of hydrogen-bond acceptors (Lipinski definition) is 7. The minimum Gasteiger partial charge on any atom is -0.493 e. The van der Waals surface area contributed by atoms with Crippen LogP contribution < -0.4 is 25.0 Å². The van der Waals surface area contributed by atoms with E-state index in [4.69, 9.17) is 9.47 Å². The maximum absolute atomic E-state index is 12.8. The Balaban J connectivity index is 1.34. The number of fused-ring (bicyclic) bond motifs is 1. The zero-order chi connectivity index (χ0) is 25.7. The van der Waals surface area contributed by atoms with Gasteiger partial charge in [-0.1, -0.05) is 11.6 Å². The van der Waals surface area contributed by atoms with Gasteiger partial charge in [-0.15, -0.1) is 0 Å². The molecule has 2 heterocycles. The van der Waals surface area contributed by atoms with E-state index in [2.05, 4.69) is 25.5 Å². The number of carbonyl (C=O) groups excluding carboxylic acids is 2. The van der Waals surface area contributed by atoms with E-state index >= 15 is 0 Å². The van der Waals surface area contributed by atoms with Gasteiger partial charge in [-0.3, -0.25) is 9.59 Å². The molecule has 36 heavy (non-hydrogen) atoms. The fraction of sp³-hybridized carbons (Fsp3) is 0.407. The number of hydrogen-bond donors (Lipinski definition) is 2. The molecule has 190 valence electrons. The van der Waals surface area contributed by atoms with Gasteiger partial charge in [0.15, 0.2) is 11.5 Å². The number of nitrogens with one attached hydrogen (secondary N) is 2. The number of amides is 2. The highest BCUT2D eigenvalue weighted by atomic mass is 16.5. The van der Waals surface area contributed by atoms with Crippen LogP contribution in [0.4, 0.5) is 11.5 Å². The minimum atomic E-state index is -0.200.